The molecule has 108 valence electrons. The molecule has 0 amide bonds. The summed E-state index contributed by atoms with van der Waals surface area (Å²) < 4.78 is 32.4. The van der Waals surface area contributed by atoms with Crippen LogP contribution in [0.25, 0.3) is 0 Å². The fourth-order valence-corrected chi connectivity index (χ4v) is 1.94. The van der Waals surface area contributed by atoms with Crippen molar-refractivity contribution in [3.63, 3.8) is 0 Å². The van der Waals surface area contributed by atoms with Crippen molar-refractivity contribution in [3.05, 3.63) is 33.8 Å². The molecule has 3 nitrogen and oxygen atoms in total. The van der Waals surface area contributed by atoms with E-state index < -0.39 is 11.6 Å². The molecular formula is C13H19BrF2N2O. The third-order valence-electron chi connectivity index (χ3n) is 2.79. The summed E-state index contributed by atoms with van der Waals surface area (Å²) in [5, 5.41) is 3.03. The number of ether oxygens (including phenoxy) is 1. The number of nitrogens with zero attached hydrogens (tertiary/aromatic N) is 1. The summed E-state index contributed by atoms with van der Waals surface area (Å²) in [6.07, 6.45) is 0. The van der Waals surface area contributed by atoms with Crippen molar-refractivity contribution in [2.24, 2.45) is 0 Å². The molecule has 0 aliphatic carbocycles. The molecule has 1 aromatic rings. The number of nitrogens with one attached hydrogen (secondary N) is 1. The number of rotatable bonds is 8. The van der Waals surface area contributed by atoms with Crippen molar-refractivity contribution in [2.75, 3.05) is 40.4 Å². The zero-order valence-corrected chi connectivity index (χ0v) is 12.8. The van der Waals surface area contributed by atoms with Crippen LogP contribution in [0, 0.1) is 11.6 Å². The Morgan fingerprint density at radius 3 is 2.74 bits per heavy atom. The number of hydrogen-bond acceptors (Lipinski definition) is 3. The first kappa shape index (κ1) is 16.5. The van der Waals surface area contributed by atoms with Gasteiger partial charge in [-0.2, -0.15) is 0 Å². The lowest BCUT2D eigenvalue weighted by atomic mass is 10.2. The average molecular weight is 337 g/mol. The van der Waals surface area contributed by atoms with Gasteiger partial charge in [0.05, 0.1) is 11.1 Å². The van der Waals surface area contributed by atoms with Gasteiger partial charge in [-0.3, -0.25) is 0 Å². The van der Waals surface area contributed by atoms with Crippen LogP contribution in [-0.2, 0) is 11.3 Å². The standard InChI is InChI=1S/C13H19BrF2N2O/c1-18(7-8-19-2)6-5-17-9-10-12(15)4-3-11(14)13(10)16/h3-4,17H,5-9H2,1-2H3. The van der Waals surface area contributed by atoms with Crippen molar-refractivity contribution >= 4 is 15.9 Å². The first-order valence-corrected chi connectivity index (χ1v) is 6.86. The summed E-state index contributed by atoms with van der Waals surface area (Å²) in [5.74, 6) is -1.07. The van der Waals surface area contributed by atoms with Crippen molar-refractivity contribution in [1.29, 1.82) is 0 Å². The van der Waals surface area contributed by atoms with Gasteiger partial charge in [0.2, 0.25) is 0 Å². The van der Waals surface area contributed by atoms with E-state index in [0.29, 0.717) is 13.2 Å². The normalized spacial score (nSPS) is 11.3. The molecule has 0 fully saturated rings. The molecule has 0 radical (unpaired) electrons. The lowest BCUT2D eigenvalue weighted by molar-refractivity contribution is 0.161. The van der Waals surface area contributed by atoms with Crippen LogP contribution in [0.15, 0.2) is 16.6 Å². The number of hydrogen-bond donors (Lipinski definition) is 1. The van der Waals surface area contributed by atoms with Crippen LogP contribution in [0.1, 0.15) is 5.56 Å². The predicted molar refractivity (Wildman–Crippen MR) is 75.1 cm³/mol. The molecular weight excluding hydrogens is 318 g/mol. The lowest BCUT2D eigenvalue weighted by Gasteiger charge is -2.16. The Kier molecular flexibility index (Phi) is 7.45. The van der Waals surface area contributed by atoms with Crippen molar-refractivity contribution in [3.8, 4) is 0 Å². The van der Waals surface area contributed by atoms with E-state index in [1.165, 1.54) is 12.1 Å². The topological polar surface area (TPSA) is 24.5 Å². The highest BCUT2D eigenvalue weighted by Gasteiger charge is 2.11. The highest BCUT2D eigenvalue weighted by Crippen LogP contribution is 2.21. The monoisotopic (exact) mass is 336 g/mol. The number of benzene rings is 1. The summed E-state index contributed by atoms with van der Waals surface area (Å²) in [7, 11) is 3.63. The van der Waals surface area contributed by atoms with Crippen LogP contribution >= 0.6 is 15.9 Å². The Bertz CT molecular complexity index is 404. The van der Waals surface area contributed by atoms with Gasteiger partial charge in [0.25, 0.3) is 0 Å². The second kappa shape index (κ2) is 8.58. The molecule has 1 aromatic carbocycles. The highest BCUT2D eigenvalue weighted by molar-refractivity contribution is 9.10. The third-order valence-corrected chi connectivity index (χ3v) is 3.40. The maximum atomic E-state index is 13.7. The van der Waals surface area contributed by atoms with Crippen LogP contribution in [0.5, 0.6) is 0 Å². The maximum Gasteiger partial charge on any atom is 0.144 e. The Labute approximate surface area is 121 Å². The van der Waals surface area contributed by atoms with Gasteiger partial charge in [0.1, 0.15) is 11.6 Å². The SMILES string of the molecule is COCCN(C)CCNCc1c(F)ccc(Br)c1F. The van der Waals surface area contributed by atoms with Gasteiger partial charge in [-0.15, -0.1) is 0 Å². The molecule has 19 heavy (non-hydrogen) atoms. The van der Waals surface area contributed by atoms with Crippen LogP contribution in [0.2, 0.25) is 0 Å². The molecule has 0 spiro atoms. The molecule has 0 aliphatic rings. The van der Waals surface area contributed by atoms with Gasteiger partial charge in [-0.1, -0.05) is 0 Å². The fraction of sp³-hybridized carbons (Fsp3) is 0.538. The number of likely N-dealkylation sites (N-methyl/N-ethyl adjacent to an activating group) is 1. The van der Waals surface area contributed by atoms with E-state index in [4.69, 9.17) is 4.74 Å². The molecule has 0 saturated heterocycles. The maximum absolute atomic E-state index is 13.7. The first-order chi connectivity index (χ1) is 9.06. The summed E-state index contributed by atoms with van der Waals surface area (Å²) in [4.78, 5) is 2.09. The van der Waals surface area contributed by atoms with Gasteiger partial charge >= 0.3 is 0 Å². The minimum atomic E-state index is -0.541. The van der Waals surface area contributed by atoms with E-state index in [0.717, 1.165) is 13.1 Å². The van der Waals surface area contributed by atoms with Gasteiger partial charge in [0, 0.05) is 38.9 Å². The van der Waals surface area contributed by atoms with E-state index in [1.807, 2.05) is 7.05 Å². The average Bonchev–Trinajstić information content (AvgIpc) is 2.40. The summed E-state index contributed by atoms with van der Waals surface area (Å²) in [6.45, 7) is 3.13. The Morgan fingerprint density at radius 2 is 2.05 bits per heavy atom. The molecule has 1 N–H and O–H groups in total. The van der Waals surface area contributed by atoms with Gasteiger partial charge in [-0.25, -0.2) is 8.78 Å². The summed E-state index contributed by atoms with van der Waals surface area (Å²) >= 11 is 3.05. The number of halogens is 3. The molecule has 6 heteroatoms. The minimum Gasteiger partial charge on any atom is -0.383 e. The second-order valence-electron chi connectivity index (χ2n) is 4.29. The third kappa shape index (κ3) is 5.52. The van der Waals surface area contributed by atoms with E-state index in [1.54, 1.807) is 7.11 Å². The number of methoxy groups -OCH3 is 1. The van der Waals surface area contributed by atoms with Crippen LogP contribution in [-0.4, -0.2) is 45.3 Å². The molecule has 0 aliphatic heterocycles. The molecule has 0 heterocycles. The molecule has 0 saturated carbocycles. The van der Waals surface area contributed by atoms with Crippen LogP contribution < -0.4 is 5.32 Å². The minimum absolute atomic E-state index is 0.0638. The summed E-state index contributed by atoms with van der Waals surface area (Å²) in [5.41, 5.74) is 0.0638. The molecule has 0 atom stereocenters. The van der Waals surface area contributed by atoms with Crippen molar-refractivity contribution in [2.45, 2.75) is 6.54 Å². The van der Waals surface area contributed by atoms with Gasteiger partial charge < -0.3 is 15.0 Å². The van der Waals surface area contributed by atoms with Gasteiger partial charge in [-0.05, 0) is 35.1 Å². The van der Waals surface area contributed by atoms with E-state index >= 15 is 0 Å². The zero-order chi connectivity index (χ0) is 14.3. The predicted octanol–water partition coefficient (Wildman–Crippen LogP) is 2.40. The first-order valence-electron chi connectivity index (χ1n) is 6.06. The summed E-state index contributed by atoms with van der Waals surface area (Å²) in [6, 6.07) is 2.63. The largest absolute Gasteiger partial charge is 0.383 e. The Hall–Kier alpha value is -0.560. The zero-order valence-electron chi connectivity index (χ0n) is 11.2. The van der Waals surface area contributed by atoms with Crippen LogP contribution in [0.4, 0.5) is 8.78 Å². The van der Waals surface area contributed by atoms with E-state index in [-0.39, 0.29) is 16.6 Å². The Balaban J connectivity index is 2.36. The fourth-order valence-electron chi connectivity index (χ4n) is 1.57. The second-order valence-corrected chi connectivity index (χ2v) is 5.15. The van der Waals surface area contributed by atoms with Crippen LogP contribution in [0.3, 0.4) is 0 Å². The highest BCUT2D eigenvalue weighted by atomic mass is 79.9. The van der Waals surface area contributed by atoms with Gasteiger partial charge in [0.15, 0.2) is 0 Å². The molecule has 0 unspecified atom stereocenters. The molecule has 1 rings (SSSR count). The molecule has 0 aromatic heterocycles. The smallest absolute Gasteiger partial charge is 0.144 e. The van der Waals surface area contributed by atoms with Crippen molar-refractivity contribution in [1.82, 2.24) is 10.2 Å². The quantitative estimate of drug-likeness (QED) is 0.582. The van der Waals surface area contributed by atoms with E-state index in [2.05, 4.69) is 26.1 Å². The Morgan fingerprint density at radius 1 is 1.32 bits per heavy atom. The van der Waals surface area contributed by atoms with E-state index in [9.17, 15) is 8.78 Å². The lowest BCUT2D eigenvalue weighted by Crippen LogP contribution is -2.31. The molecule has 0 bridgehead atoms. The van der Waals surface area contributed by atoms with Crippen molar-refractivity contribution < 1.29 is 13.5 Å².